The SMILES string of the molecule is C=C(Nc1ccc(CC)cc1)N1CCC(C(N)CCCCB(O)O)CC1. The van der Waals surface area contributed by atoms with Gasteiger partial charge in [0.05, 0.1) is 5.82 Å². The zero-order chi connectivity index (χ0) is 18.9. The molecule has 0 aromatic heterocycles. The third kappa shape index (κ3) is 6.67. The normalized spacial score (nSPS) is 16.4. The lowest BCUT2D eigenvalue weighted by atomic mass is 9.82. The van der Waals surface area contributed by atoms with Crippen molar-refractivity contribution < 1.29 is 10.0 Å². The third-order valence-corrected chi connectivity index (χ3v) is 5.43. The summed E-state index contributed by atoms with van der Waals surface area (Å²) in [7, 11) is -1.19. The van der Waals surface area contributed by atoms with Crippen LogP contribution < -0.4 is 11.1 Å². The van der Waals surface area contributed by atoms with E-state index >= 15 is 0 Å². The Morgan fingerprint density at radius 1 is 1.27 bits per heavy atom. The molecule has 1 heterocycles. The van der Waals surface area contributed by atoms with Gasteiger partial charge < -0.3 is 26.0 Å². The minimum Gasteiger partial charge on any atom is -0.427 e. The number of nitrogens with zero attached hydrogens (tertiary/aromatic N) is 1. The minimum absolute atomic E-state index is 0.204. The van der Waals surface area contributed by atoms with E-state index in [0.717, 1.165) is 63.1 Å². The minimum atomic E-state index is -1.19. The van der Waals surface area contributed by atoms with Crippen molar-refractivity contribution in [3.63, 3.8) is 0 Å². The second-order valence-electron chi connectivity index (χ2n) is 7.38. The quantitative estimate of drug-likeness (QED) is 0.382. The van der Waals surface area contributed by atoms with Gasteiger partial charge in [-0.25, -0.2) is 0 Å². The highest BCUT2D eigenvalue weighted by molar-refractivity contribution is 6.40. The smallest absolute Gasteiger partial charge is 0.427 e. The van der Waals surface area contributed by atoms with Crippen LogP contribution in [0.3, 0.4) is 0 Å². The summed E-state index contributed by atoms with van der Waals surface area (Å²) < 4.78 is 0. The first-order chi connectivity index (χ1) is 12.5. The number of unbranched alkanes of at least 4 members (excludes halogenated alkanes) is 1. The van der Waals surface area contributed by atoms with Crippen LogP contribution >= 0.6 is 0 Å². The van der Waals surface area contributed by atoms with E-state index in [0.29, 0.717) is 12.2 Å². The summed E-state index contributed by atoms with van der Waals surface area (Å²) >= 11 is 0. The van der Waals surface area contributed by atoms with E-state index in [1.54, 1.807) is 0 Å². The first-order valence-corrected chi connectivity index (χ1v) is 9.91. The Hall–Kier alpha value is -1.50. The molecule has 26 heavy (non-hydrogen) atoms. The number of rotatable bonds is 10. The van der Waals surface area contributed by atoms with Crippen molar-refractivity contribution in [1.82, 2.24) is 4.90 Å². The molecular formula is C20H34BN3O2. The predicted molar refractivity (Wildman–Crippen MR) is 110 cm³/mol. The van der Waals surface area contributed by atoms with Crippen molar-refractivity contribution >= 4 is 12.8 Å². The number of anilines is 1. The van der Waals surface area contributed by atoms with Crippen LogP contribution in [-0.2, 0) is 6.42 Å². The number of aryl methyl sites for hydroxylation is 1. The Morgan fingerprint density at radius 2 is 1.92 bits per heavy atom. The number of piperidine rings is 1. The van der Waals surface area contributed by atoms with E-state index in [4.69, 9.17) is 15.8 Å². The molecular weight excluding hydrogens is 325 g/mol. The van der Waals surface area contributed by atoms with Gasteiger partial charge in [-0.15, -0.1) is 0 Å². The number of likely N-dealkylation sites (tertiary alicyclic amines) is 1. The average molecular weight is 359 g/mol. The monoisotopic (exact) mass is 359 g/mol. The molecule has 1 aromatic carbocycles. The molecule has 6 heteroatoms. The lowest BCUT2D eigenvalue weighted by Gasteiger charge is -2.37. The Bertz CT molecular complexity index is 542. The number of benzene rings is 1. The molecule has 0 saturated carbocycles. The molecule has 2 rings (SSSR count). The van der Waals surface area contributed by atoms with E-state index in [1.807, 2.05) is 0 Å². The van der Waals surface area contributed by atoms with E-state index in [9.17, 15) is 0 Å². The molecule has 1 saturated heterocycles. The molecule has 1 atom stereocenters. The second kappa shape index (κ2) is 10.6. The van der Waals surface area contributed by atoms with Crippen LogP contribution in [0.15, 0.2) is 36.7 Å². The van der Waals surface area contributed by atoms with Gasteiger partial charge in [0, 0.05) is 24.8 Å². The molecule has 0 spiro atoms. The van der Waals surface area contributed by atoms with Crippen molar-refractivity contribution in [3.05, 3.63) is 42.2 Å². The van der Waals surface area contributed by atoms with Crippen molar-refractivity contribution in [1.29, 1.82) is 0 Å². The lowest BCUT2D eigenvalue weighted by molar-refractivity contribution is 0.201. The fraction of sp³-hybridized carbons (Fsp3) is 0.600. The van der Waals surface area contributed by atoms with Gasteiger partial charge in [-0.05, 0) is 55.6 Å². The fourth-order valence-corrected chi connectivity index (χ4v) is 3.61. The molecule has 5 N–H and O–H groups in total. The van der Waals surface area contributed by atoms with E-state index in [-0.39, 0.29) is 6.04 Å². The standard InChI is InChI=1S/C20H34BN3O2/c1-3-17-7-9-19(10-8-17)23-16(2)24-14-11-18(12-15-24)20(22)6-4-5-13-21(25)26/h7-10,18,20,23,25-26H,2-6,11-15,22H2,1H3. The highest BCUT2D eigenvalue weighted by atomic mass is 16.4. The Kier molecular flexibility index (Phi) is 8.49. The van der Waals surface area contributed by atoms with Crippen molar-refractivity contribution in [2.24, 2.45) is 11.7 Å². The molecule has 1 aliphatic rings. The average Bonchev–Trinajstić information content (AvgIpc) is 2.65. The van der Waals surface area contributed by atoms with Crippen molar-refractivity contribution in [3.8, 4) is 0 Å². The maximum absolute atomic E-state index is 8.88. The summed E-state index contributed by atoms with van der Waals surface area (Å²) in [6, 6.07) is 8.72. The zero-order valence-corrected chi connectivity index (χ0v) is 16.0. The largest absolute Gasteiger partial charge is 0.451 e. The molecule has 5 nitrogen and oxygen atoms in total. The van der Waals surface area contributed by atoms with E-state index < -0.39 is 7.12 Å². The summed E-state index contributed by atoms with van der Waals surface area (Å²) in [5.41, 5.74) is 8.77. The van der Waals surface area contributed by atoms with Crippen LogP contribution in [0.1, 0.15) is 44.6 Å². The number of nitrogens with one attached hydrogen (secondary N) is 1. The van der Waals surface area contributed by atoms with Crippen LogP contribution in [0.4, 0.5) is 5.69 Å². The summed E-state index contributed by atoms with van der Waals surface area (Å²) in [6.45, 7) is 8.32. The molecule has 0 amide bonds. The van der Waals surface area contributed by atoms with Gasteiger partial charge in [0.25, 0.3) is 0 Å². The van der Waals surface area contributed by atoms with Gasteiger partial charge in [-0.1, -0.05) is 38.5 Å². The summed E-state index contributed by atoms with van der Waals surface area (Å²) in [6.07, 6.45) is 6.40. The van der Waals surface area contributed by atoms with Gasteiger partial charge in [0.1, 0.15) is 0 Å². The Balaban J connectivity index is 1.70. The highest BCUT2D eigenvalue weighted by Gasteiger charge is 2.24. The van der Waals surface area contributed by atoms with Crippen LogP contribution in [0.2, 0.25) is 6.32 Å². The zero-order valence-electron chi connectivity index (χ0n) is 16.0. The van der Waals surface area contributed by atoms with E-state index in [1.165, 1.54) is 5.56 Å². The van der Waals surface area contributed by atoms with Crippen LogP contribution in [-0.4, -0.2) is 41.2 Å². The summed E-state index contributed by atoms with van der Waals surface area (Å²) in [4.78, 5) is 2.30. The fourth-order valence-electron chi connectivity index (χ4n) is 3.61. The summed E-state index contributed by atoms with van der Waals surface area (Å²) in [5, 5.41) is 21.2. The van der Waals surface area contributed by atoms with Crippen molar-refractivity contribution in [2.75, 3.05) is 18.4 Å². The molecule has 1 aromatic rings. The summed E-state index contributed by atoms with van der Waals surface area (Å²) in [5.74, 6) is 1.50. The van der Waals surface area contributed by atoms with Gasteiger partial charge in [-0.2, -0.15) is 0 Å². The molecule has 0 aliphatic carbocycles. The first-order valence-electron chi connectivity index (χ1n) is 9.91. The third-order valence-electron chi connectivity index (χ3n) is 5.43. The highest BCUT2D eigenvalue weighted by Crippen LogP contribution is 2.25. The molecule has 1 fully saturated rings. The number of nitrogens with two attached hydrogens (primary N) is 1. The maximum Gasteiger partial charge on any atom is 0.451 e. The molecule has 1 unspecified atom stereocenters. The first kappa shape index (κ1) is 20.8. The van der Waals surface area contributed by atoms with Crippen LogP contribution in [0, 0.1) is 5.92 Å². The van der Waals surface area contributed by atoms with E-state index in [2.05, 4.69) is 48.0 Å². The Morgan fingerprint density at radius 3 is 2.50 bits per heavy atom. The van der Waals surface area contributed by atoms with Gasteiger partial charge >= 0.3 is 7.12 Å². The topological polar surface area (TPSA) is 81.8 Å². The molecule has 144 valence electrons. The number of hydrogen-bond donors (Lipinski definition) is 4. The van der Waals surface area contributed by atoms with Crippen LogP contribution in [0.5, 0.6) is 0 Å². The van der Waals surface area contributed by atoms with Crippen LogP contribution in [0.25, 0.3) is 0 Å². The molecule has 0 radical (unpaired) electrons. The Labute approximate surface area is 158 Å². The molecule has 0 bridgehead atoms. The van der Waals surface area contributed by atoms with Gasteiger partial charge in [0.2, 0.25) is 0 Å². The van der Waals surface area contributed by atoms with Gasteiger partial charge in [-0.3, -0.25) is 0 Å². The van der Waals surface area contributed by atoms with Crippen molar-refractivity contribution in [2.45, 2.75) is 57.8 Å². The predicted octanol–water partition coefficient (Wildman–Crippen LogP) is 2.81. The maximum atomic E-state index is 8.88. The molecule has 1 aliphatic heterocycles. The second-order valence-corrected chi connectivity index (χ2v) is 7.38. The van der Waals surface area contributed by atoms with Gasteiger partial charge in [0.15, 0.2) is 0 Å². The lowest BCUT2D eigenvalue weighted by Crippen LogP contribution is -2.41. The number of hydrogen-bond acceptors (Lipinski definition) is 5.